The van der Waals surface area contributed by atoms with Gasteiger partial charge in [-0.05, 0) is 55.5 Å². The number of rotatable bonds is 5. The Hall–Kier alpha value is -2.11. The quantitative estimate of drug-likeness (QED) is 0.835. The molecule has 2 aromatic carbocycles. The van der Waals surface area contributed by atoms with E-state index in [1.54, 1.807) is 24.3 Å². The van der Waals surface area contributed by atoms with Gasteiger partial charge < -0.3 is 15.4 Å². The summed E-state index contributed by atoms with van der Waals surface area (Å²) in [7, 11) is 0. The van der Waals surface area contributed by atoms with E-state index in [0.29, 0.717) is 17.2 Å². The molecule has 2 aromatic rings. The van der Waals surface area contributed by atoms with Gasteiger partial charge in [0.15, 0.2) is 0 Å². The number of benzene rings is 2. The van der Waals surface area contributed by atoms with Crippen LogP contribution < -0.4 is 10.5 Å². The highest BCUT2D eigenvalue weighted by molar-refractivity contribution is 5.97. The van der Waals surface area contributed by atoms with E-state index in [1.165, 1.54) is 12.1 Å². The van der Waals surface area contributed by atoms with Gasteiger partial charge in [-0.3, -0.25) is 4.79 Å². The van der Waals surface area contributed by atoms with Crippen LogP contribution in [0.15, 0.2) is 48.5 Å². The number of amides is 1. The average molecular weight is 393 g/mol. The summed E-state index contributed by atoms with van der Waals surface area (Å²) < 4.78 is 18.8. The number of nitrogens with two attached hydrogens (primary N) is 1. The lowest BCUT2D eigenvalue weighted by molar-refractivity contribution is 0.0676. The van der Waals surface area contributed by atoms with Gasteiger partial charge in [-0.15, -0.1) is 12.4 Å². The van der Waals surface area contributed by atoms with E-state index in [1.807, 2.05) is 24.0 Å². The van der Waals surface area contributed by atoms with Crippen LogP contribution in [0.25, 0.3) is 0 Å². The molecule has 146 valence electrons. The van der Waals surface area contributed by atoms with Crippen LogP contribution in [-0.2, 0) is 6.61 Å². The molecule has 3 rings (SSSR count). The van der Waals surface area contributed by atoms with E-state index in [9.17, 15) is 9.18 Å². The standard InChI is InChI=1S/C21H25FN2O2.ClH/c1-15(23)17-10-12-24(13-11-17)21(25)19-4-2-3-5-20(19)26-14-16-6-8-18(22)9-7-16;/h2-9,15,17H,10-14,23H2,1H3;1H. The Morgan fingerprint density at radius 2 is 1.81 bits per heavy atom. The third kappa shape index (κ3) is 5.44. The summed E-state index contributed by atoms with van der Waals surface area (Å²) in [5.41, 5.74) is 7.40. The number of hydrogen-bond donors (Lipinski definition) is 1. The largest absolute Gasteiger partial charge is 0.488 e. The first kappa shape index (κ1) is 21.2. The average Bonchev–Trinajstić information content (AvgIpc) is 2.67. The molecule has 1 aliphatic heterocycles. The van der Waals surface area contributed by atoms with Gasteiger partial charge in [0.05, 0.1) is 5.56 Å². The molecule has 0 radical (unpaired) electrons. The Morgan fingerprint density at radius 3 is 2.44 bits per heavy atom. The summed E-state index contributed by atoms with van der Waals surface area (Å²) in [6.07, 6.45) is 1.87. The lowest BCUT2D eigenvalue weighted by atomic mass is 9.90. The first-order valence-electron chi connectivity index (χ1n) is 9.05. The molecule has 1 amide bonds. The van der Waals surface area contributed by atoms with Gasteiger partial charge in [0.1, 0.15) is 18.2 Å². The fourth-order valence-corrected chi connectivity index (χ4v) is 3.31. The van der Waals surface area contributed by atoms with Crippen LogP contribution >= 0.6 is 12.4 Å². The highest BCUT2D eigenvalue weighted by Gasteiger charge is 2.26. The van der Waals surface area contributed by atoms with Crippen LogP contribution in [0, 0.1) is 11.7 Å². The maximum Gasteiger partial charge on any atom is 0.257 e. The summed E-state index contributed by atoms with van der Waals surface area (Å²) in [4.78, 5) is 14.8. The first-order valence-corrected chi connectivity index (χ1v) is 9.05. The van der Waals surface area contributed by atoms with Crippen molar-refractivity contribution >= 4 is 18.3 Å². The van der Waals surface area contributed by atoms with E-state index >= 15 is 0 Å². The monoisotopic (exact) mass is 392 g/mol. The molecule has 1 fully saturated rings. The number of carbonyl (C=O) groups is 1. The smallest absolute Gasteiger partial charge is 0.257 e. The predicted octanol–water partition coefficient (Wildman–Crippen LogP) is 4.03. The molecule has 0 spiro atoms. The van der Waals surface area contributed by atoms with Gasteiger partial charge >= 0.3 is 0 Å². The van der Waals surface area contributed by atoms with Crippen LogP contribution in [0.4, 0.5) is 4.39 Å². The van der Waals surface area contributed by atoms with Crippen molar-refractivity contribution in [2.45, 2.75) is 32.4 Å². The van der Waals surface area contributed by atoms with Crippen molar-refractivity contribution in [3.63, 3.8) is 0 Å². The Bertz CT molecular complexity index is 744. The first-order chi connectivity index (χ1) is 12.5. The van der Waals surface area contributed by atoms with Crippen LogP contribution in [0.5, 0.6) is 5.75 Å². The fourth-order valence-electron chi connectivity index (χ4n) is 3.31. The minimum atomic E-state index is -0.278. The SMILES string of the molecule is CC(N)C1CCN(C(=O)c2ccccc2OCc2ccc(F)cc2)CC1.Cl. The van der Waals surface area contributed by atoms with Gasteiger partial charge in [0.25, 0.3) is 5.91 Å². The second-order valence-corrected chi connectivity index (χ2v) is 6.90. The number of halogens is 2. The fraction of sp³-hybridized carbons (Fsp3) is 0.381. The van der Waals surface area contributed by atoms with Crippen molar-refractivity contribution in [2.24, 2.45) is 11.7 Å². The van der Waals surface area contributed by atoms with Crippen molar-refractivity contribution in [1.29, 1.82) is 0 Å². The molecule has 0 aliphatic carbocycles. The van der Waals surface area contributed by atoms with Gasteiger partial charge in [-0.25, -0.2) is 4.39 Å². The van der Waals surface area contributed by atoms with E-state index < -0.39 is 0 Å². The van der Waals surface area contributed by atoms with Gasteiger partial charge in [0.2, 0.25) is 0 Å². The highest BCUT2D eigenvalue weighted by Crippen LogP contribution is 2.25. The summed E-state index contributed by atoms with van der Waals surface area (Å²) in [6.45, 7) is 3.76. The summed E-state index contributed by atoms with van der Waals surface area (Å²) in [5.74, 6) is 0.738. The number of nitrogens with zero attached hydrogens (tertiary/aromatic N) is 1. The topological polar surface area (TPSA) is 55.6 Å². The van der Waals surface area contributed by atoms with Gasteiger partial charge in [-0.1, -0.05) is 24.3 Å². The molecule has 27 heavy (non-hydrogen) atoms. The van der Waals surface area contributed by atoms with Crippen molar-refractivity contribution in [2.75, 3.05) is 13.1 Å². The van der Waals surface area contributed by atoms with Crippen LogP contribution in [0.3, 0.4) is 0 Å². The van der Waals surface area contributed by atoms with E-state index in [0.717, 1.165) is 31.5 Å². The normalized spacial score (nSPS) is 15.7. The Labute approximate surface area is 165 Å². The maximum atomic E-state index is 13.0. The second kappa shape index (κ2) is 9.72. The van der Waals surface area contributed by atoms with Crippen molar-refractivity contribution in [1.82, 2.24) is 4.90 Å². The molecular formula is C21H26ClFN2O2. The van der Waals surface area contributed by atoms with E-state index in [4.69, 9.17) is 10.5 Å². The number of likely N-dealkylation sites (tertiary alicyclic amines) is 1. The lowest BCUT2D eigenvalue weighted by Crippen LogP contribution is -2.42. The number of ether oxygens (including phenoxy) is 1. The number of carbonyl (C=O) groups excluding carboxylic acids is 1. The number of piperidine rings is 1. The third-order valence-electron chi connectivity index (χ3n) is 5.00. The zero-order valence-electron chi connectivity index (χ0n) is 15.4. The Kier molecular flexibility index (Phi) is 7.63. The molecule has 1 aliphatic rings. The molecule has 1 atom stereocenters. The molecule has 0 aromatic heterocycles. The van der Waals surface area contributed by atoms with Crippen LogP contribution in [0.1, 0.15) is 35.7 Å². The van der Waals surface area contributed by atoms with Crippen LogP contribution in [0.2, 0.25) is 0 Å². The molecule has 6 heteroatoms. The number of para-hydroxylation sites is 1. The van der Waals surface area contributed by atoms with Gasteiger partial charge in [-0.2, -0.15) is 0 Å². The molecule has 4 nitrogen and oxygen atoms in total. The number of hydrogen-bond acceptors (Lipinski definition) is 3. The second-order valence-electron chi connectivity index (χ2n) is 6.90. The molecule has 0 saturated carbocycles. The Balaban J connectivity index is 0.00000261. The minimum absolute atomic E-state index is 0. The lowest BCUT2D eigenvalue weighted by Gasteiger charge is -2.34. The van der Waals surface area contributed by atoms with E-state index in [-0.39, 0.29) is 36.8 Å². The van der Waals surface area contributed by atoms with E-state index in [2.05, 4.69) is 0 Å². The summed E-state index contributed by atoms with van der Waals surface area (Å²) in [6, 6.07) is 13.6. The molecule has 2 N–H and O–H groups in total. The molecule has 0 bridgehead atoms. The predicted molar refractivity (Wildman–Crippen MR) is 107 cm³/mol. The zero-order valence-corrected chi connectivity index (χ0v) is 16.3. The molecule has 1 unspecified atom stereocenters. The summed E-state index contributed by atoms with van der Waals surface area (Å²) in [5, 5.41) is 0. The Morgan fingerprint density at radius 1 is 1.19 bits per heavy atom. The zero-order chi connectivity index (χ0) is 18.5. The highest BCUT2D eigenvalue weighted by atomic mass is 35.5. The molecule has 1 heterocycles. The van der Waals surface area contributed by atoms with Crippen molar-refractivity contribution in [3.8, 4) is 5.75 Å². The van der Waals surface area contributed by atoms with Crippen molar-refractivity contribution < 1.29 is 13.9 Å². The molecule has 1 saturated heterocycles. The molecular weight excluding hydrogens is 367 g/mol. The van der Waals surface area contributed by atoms with Crippen LogP contribution in [-0.4, -0.2) is 29.9 Å². The van der Waals surface area contributed by atoms with Crippen molar-refractivity contribution in [3.05, 3.63) is 65.5 Å². The minimum Gasteiger partial charge on any atom is -0.488 e. The third-order valence-corrected chi connectivity index (χ3v) is 5.00. The maximum absolute atomic E-state index is 13.0. The summed E-state index contributed by atoms with van der Waals surface area (Å²) >= 11 is 0. The van der Waals surface area contributed by atoms with Gasteiger partial charge in [0, 0.05) is 19.1 Å².